The van der Waals surface area contributed by atoms with Gasteiger partial charge in [0.05, 0.1) is 18.8 Å². The molecule has 0 bridgehead atoms. The third-order valence-electron chi connectivity index (χ3n) is 2.89. The highest BCUT2D eigenvalue weighted by Crippen LogP contribution is 2.03. The molecule has 106 valence electrons. The number of amides is 1. The quantitative estimate of drug-likeness (QED) is 0.705. The van der Waals surface area contributed by atoms with Gasteiger partial charge in [-0.3, -0.25) is 4.79 Å². The lowest BCUT2D eigenvalue weighted by Crippen LogP contribution is -2.46. The molecule has 1 aliphatic heterocycles. The first-order chi connectivity index (χ1) is 8.61. The molecule has 18 heavy (non-hydrogen) atoms. The van der Waals surface area contributed by atoms with Crippen molar-refractivity contribution in [3.63, 3.8) is 0 Å². The van der Waals surface area contributed by atoms with Crippen molar-refractivity contribution in [2.24, 2.45) is 0 Å². The van der Waals surface area contributed by atoms with Crippen molar-refractivity contribution in [2.75, 3.05) is 26.3 Å². The summed E-state index contributed by atoms with van der Waals surface area (Å²) in [5.41, 5.74) is 0. The zero-order valence-electron chi connectivity index (χ0n) is 11.7. The van der Waals surface area contributed by atoms with Gasteiger partial charge in [-0.05, 0) is 20.3 Å². The SMILES string of the molecule is CCCC(C)NC(=O)COCC1CNCC(C)O1. The van der Waals surface area contributed by atoms with Gasteiger partial charge in [-0.15, -0.1) is 0 Å². The standard InChI is InChI=1S/C13H26N2O3/c1-4-5-10(2)15-13(16)9-17-8-12-7-14-6-11(3)18-12/h10-12,14H,4-9H2,1-3H3,(H,15,16). The summed E-state index contributed by atoms with van der Waals surface area (Å²) in [5.74, 6) is -0.0484. The first-order valence-electron chi connectivity index (χ1n) is 6.85. The van der Waals surface area contributed by atoms with Crippen LogP contribution in [0.1, 0.15) is 33.6 Å². The zero-order chi connectivity index (χ0) is 13.4. The molecule has 0 spiro atoms. The molecule has 1 rings (SSSR count). The highest BCUT2D eigenvalue weighted by atomic mass is 16.5. The molecule has 1 fully saturated rings. The average Bonchev–Trinajstić information content (AvgIpc) is 2.29. The molecule has 3 unspecified atom stereocenters. The third-order valence-corrected chi connectivity index (χ3v) is 2.89. The van der Waals surface area contributed by atoms with E-state index in [9.17, 15) is 4.79 Å². The number of carbonyl (C=O) groups excluding carboxylic acids is 1. The van der Waals surface area contributed by atoms with E-state index < -0.39 is 0 Å². The molecule has 1 aliphatic rings. The van der Waals surface area contributed by atoms with Crippen molar-refractivity contribution >= 4 is 5.91 Å². The molecule has 1 saturated heterocycles. The minimum Gasteiger partial charge on any atom is -0.370 e. The van der Waals surface area contributed by atoms with E-state index in [4.69, 9.17) is 9.47 Å². The summed E-state index contributed by atoms with van der Waals surface area (Å²) in [6.07, 6.45) is 2.33. The van der Waals surface area contributed by atoms with Gasteiger partial charge in [0, 0.05) is 19.1 Å². The minimum atomic E-state index is -0.0484. The maximum atomic E-state index is 11.5. The molecule has 3 atom stereocenters. The van der Waals surface area contributed by atoms with Crippen molar-refractivity contribution < 1.29 is 14.3 Å². The van der Waals surface area contributed by atoms with E-state index in [0.717, 1.165) is 25.9 Å². The molecular formula is C13H26N2O3. The summed E-state index contributed by atoms with van der Waals surface area (Å²) in [5, 5.41) is 6.17. The number of rotatable bonds is 7. The van der Waals surface area contributed by atoms with Crippen molar-refractivity contribution in [1.82, 2.24) is 10.6 Å². The van der Waals surface area contributed by atoms with Crippen LogP contribution in [-0.4, -0.2) is 50.5 Å². The van der Waals surface area contributed by atoms with E-state index in [1.54, 1.807) is 0 Å². The van der Waals surface area contributed by atoms with Crippen LogP contribution in [0.3, 0.4) is 0 Å². The topological polar surface area (TPSA) is 59.6 Å². The van der Waals surface area contributed by atoms with Gasteiger partial charge in [0.1, 0.15) is 6.61 Å². The van der Waals surface area contributed by atoms with Crippen molar-refractivity contribution in [3.8, 4) is 0 Å². The number of nitrogens with one attached hydrogen (secondary N) is 2. The van der Waals surface area contributed by atoms with Gasteiger partial charge in [0.15, 0.2) is 0 Å². The van der Waals surface area contributed by atoms with Crippen molar-refractivity contribution in [3.05, 3.63) is 0 Å². The number of ether oxygens (including phenoxy) is 2. The Bertz CT molecular complexity index is 248. The van der Waals surface area contributed by atoms with Gasteiger partial charge in [-0.25, -0.2) is 0 Å². The number of hydrogen-bond donors (Lipinski definition) is 2. The maximum Gasteiger partial charge on any atom is 0.246 e. The number of morpholine rings is 1. The predicted octanol–water partition coefficient (Wildman–Crippen LogP) is 0.685. The van der Waals surface area contributed by atoms with Gasteiger partial charge in [-0.1, -0.05) is 13.3 Å². The second-order valence-electron chi connectivity index (χ2n) is 5.00. The summed E-state index contributed by atoms with van der Waals surface area (Å²) in [6, 6.07) is 0.221. The Morgan fingerprint density at radius 1 is 1.56 bits per heavy atom. The van der Waals surface area contributed by atoms with Crippen LogP contribution in [0.5, 0.6) is 0 Å². The molecule has 0 aromatic carbocycles. The summed E-state index contributed by atoms with van der Waals surface area (Å²) in [4.78, 5) is 11.5. The summed E-state index contributed by atoms with van der Waals surface area (Å²) in [6.45, 7) is 8.39. The van der Waals surface area contributed by atoms with Crippen LogP contribution in [0.15, 0.2) is 0 Å². The first kappa shape index (κ1) is 15.4. The van der Waals surface area contributed by atoms with E-state index in [-0.39, 0.29) is 30.8 Å². The molecule has 0 saturated carbocycles. The van der Waals surface area contributed by atoms with Gasteiger partial charge >= 0.3 is 0 Å². The van der Waals surface area contributed by atoms with Crippen LogP contribution in [0.4, 0.5) is 0 Å². The molecule has 0 radical (unpaired) electrons. The normalized spacial score (nSPS) is 25.7. The van der Waals surface area contributed by atoms with E-state index in [0.29, 0.717) is 6.61 Å². The highest BCUT2D eigenvalue weighted by Gasteiger charge is 2.19. The van der Waals surface area contributed by atoms with Gasteiger partial charge in [0.2, 0.25) is 5.91 Å². The van der Waals surface area contributed by atoms with E-state index >= 15 is 0 Å². The second kappa shape index (κ2) is 8.45. The fourth-order valence-electron chi connectivity index (χ4n) is 2.08. The molecule has 2 N–H and O–H groups in total. The first-order valence-corrected chi connectivity index (χ1v) is 6.85. The lowest BCUT2D eigenvalue weighted by atomic mass is 10.2. The van der Waals surface area contributed by atoms with Crippen molar-refractivity contribution in [2.45, 2.75) is 51.9 Å². The van der Waals surface area contributed by atoms with Gasteiger partial charge in [-0.2, -0.15) is 0 Å². The van der Waals surface area contributed by atoms with Crippen LogP contribution in [-0.2, 0) is 14.3 Å². The lowest BCUT2D eigenvalue weighted by Gasteiger charge is -2.28. The summed E-state index contributed by atoms with van der Waals surface area (Å²) < 4.78 is 11.1. The molecule has 0 aromatic heterocycles. The fraction of sp³-hybridized carbons (Fsp3) is 0.923. The monoisotopic (exact) mass is 258 g/mol. The Hall–Kier alpha value is -0.650. The Morgan fingerprint density at radius 3 is 3.00 bits per heavy atom. The predicted molar refractivity (Wildman–Crippen MR) is 70.5 cm³/mol. The Kier molecular flexibility index (Phi) is 7.23. The number of carbonyl (C=O) groups is 1. The Balaban J connectivity index is 2.07. The molecule has 1 amide bonds. The Morgan fingerprint density at radius 2 is 2.33 bits per heavy atom. The van der Waals surface area contributed by atoms with Crippen LogP contribution >= 0.6 is 0 Å². The van der Waals surface area contributed by atoms with Gasteiger partial charge < -0.3 is 20.1 Å². The lowest BCUT2D eigenvalue weighted by molar-refractivity contribution is -0.129. The molecule has 1 heterocycles. The van der Waals surface area contributed by atoms with Crippen LogP contribution < -0.4 is 10.6 Å². The highest BCUT2D eigenvalue weighted by molar-refractivity contribution is 5.77. The van der Waals surface area contributed by atoms with Crippen LogP contribution in [0.25, 0.3) is 0 Å². The minimum absolute atomic E-state index is 0.0484. The van der Waals surface area contributed by atoms with Gasteiger partial charge in [0.25, 0.3) is 0 Å². The molecule has 0 aliphatic carbocycles. The summed E-state index contributed by atoms with van der Waals surface area (Å²) >= 11 is 0. The van der Waals surface area contributed by atoms with E-state index in [2.05, 4.69) is 17.6 Å². The molecule has 5 nitrogen and oxygen atoms in total. The zero-order valence-corrected chi connectivity index (χ0v) is 11.7. The fourth-order valence-corrected chi connectivity index (χ4v) is 2.08. The van der Waals surface area contributed by atoms with E-state index in [1.165, 1.54) is 0 Å². The number of hydrogen-bond acceptors (Lipinski definition) is 4. The van der Waals surface area contributed by atoms with Crippen LogP contribution in [0.2, 0.25) is 0 Å². The third kappa shape index (κ3) is 6.33. The summed E-state index contributed by atoms with van der Waals surface area (Å²) in [7, 11) is 0. The maximum absolute atomic E-state index is 11.5. The molecular weight excluding hydrogens is 232 g/mol. The smallest absolute Gasteiger partial charge is 0.246 e. The second-order valence-corrected chi connectivity index (χ2v) is 5.00. The van der Waals surface area contributed by atoms with Crippen molar-refractivity contribution in [1.29, 1.82) is 0 Å². The average molecular weight is 258 g/mol. The molecule has 0 aromatic rings. The van der Waals surface area contributed by atoms with Crippen LogP contribution in [0, 0.1) is 0 Å². The Labute approximate surface area is 110 Å². The largest absolute Gasteiger partial charge is 0.370 e. The molecule has 5 heteroatoms. The van der Waals surface area contributed by atoms with E-state index in [1.807, 2.05) is 13.8 Å².